The van der Waals surface area contributed by atoms with Crippen molar-refractivity contribution in [3.63, 3.8) is 0 Å². The van der Waals surface area contributed by atoms with Gasteiger partial charge in [0.25, 0.3) is 5.91 Å². The summed E-state index contributed by atoms with van der Waals surface area (Å²) < 4.78 is 6.19. The van der Waals surface area contributed by atoms with Gasteiger partial charge in [-0.2, -0.15) is 0 Å². The van der Waals surface area contributed by atoms with Crippen LogP contribution in [0, 0.1) is 5.92 Å². The normalized spacial score (nSPS) is 22.4. The van der Waals surface area contributed by atoms with Crippen molar-refractivity contribution in [3.8, 4) is 5.75 Å². The maximum absolute atomic E-state index is 12.2. The Morgan fingerprint density at radius 3 is 2.83 bits per heavy atom. The highest BCUT2D eigenvalue weighted by Gasteiger charge is 2.23. The molecule has 0 spiro atoms. The number of nitrogens with two attached hydrogens (primary N) is 1. The summed E-state index contributed by atoms with van der Waals surface area (Å²) in [5.41, 5.74) is 1.18. The van der Waals surface area contributed by atoms with E-state index >= 15 is 0 Å². The largest absolute Gasteiger partial charge is 0.496 e. The monoisotopic (exact) mass is 383 g/mol. The first kappa shape index (κ1) is 18.3. The van der Waals surface area contributed by atoms with Crippen LogP contribution < -0.4 is 15.4 Å². The third-order valence-corrected chi connectivity index (χ3v) is 5.44. The minimum atomic E-state index is 0.142. The lowest BCUT2D eigenvalue weighted by molar-refractivity contribution is -0.682. The second-order valence-electron chi connectivity index (χ2n) is 6.56. The molecule has 3 atom stereocenters. The van der Waals surface area contributed by atoms with E-state index in [2.05, 4.69) is 46.5 Å². The zero-order chi connectivity index (χ0) is 16.8. The van der Waals surface area contributed by atoms with Crippen molar-refractivity contribution >= 4 is 21.8 Å². The Bertz CT molecular complexity index is 536. The number of ether oxygens (including phenoxy) is 1. The van der Waals surface area contributed by atoms with E-state index in [4.69, 9.17) is 4.74 Å². The van der Waals surface area contributed by atoms with Crippen LogP contribution in [0.2, 0.25) is 0 Å². The van der Waals surface area contributed by atoms with Crippen LogP contribution in [-0.2, 0) is 4.79 Å². The van der Waals surface area contributed by atoms with Crippen LogP contribution >= 0.6 is 15.9 Å². The van der Waals surface area contributed by atoms with Crippen molar-refractivity contribution in [1.82, 2.24) is 5.32 Å². The number of methoxy groups -OCH3 is 1. The minimum Gasteiger partial charge on any atom is -0.496 e. The predicted octanol–water partition coefficient (Wildman–Crippen LogP) is 2.78. The molecule has 3 N–H and O–H groups in total. The molecule has 4 nitrogen and oxygen atoms in total. The number of halogens is 1. The van der Waals surface area contributed by atoms with Crippen LogP contribution in [0.3, 0.4) is 0 Å². The maximum atomic E-state index is 12.2. The Morgan fingerprint density at radius 2 is 2.17 bits per heavy atom. The third kappa shape index (κ3) is 5.21. The molecule has 5 heteroatoms. The molecule has 1 amide bonds. The molecule has 0 aliphatic heterocycles. The SMILES string of the molecule is COc1ccc([C@H](C)[NH2+]CC(=O)N[C@H]2CCCC[C@@H]2C)cc1Br. The molecule has 23 heavy (non-hydrogen) atoms. The summed E-state index contributed by atoms with van der Waals surface area (Å²) in [5.74, 6) is 1.57. The van der Waals surface area contributed by atoms with E-state index in [0.29, 0.717) is 18.5 Å². The first-order chi connectivity index (χ1) is 11.0. The molecule has 0 unspecified atom stereocenters. The van der Waals surface area contributed by atoms with Gasteiger partial charge in [-0.1, -0.05) is 19.8 Å². The fraction of sp³-hybridized carbons (Fsp3) is 0.611. The number of quaternary nitrogens is 1. The number of carbonyl (C=O) groups is 1. The smallest absolute Gasteiger partial charge is 0.275 e. The summed E-state index contributed by atoms with van der Waals surface area (Å²) in [5, 5.41) is 5.29. The molecule has 1 aromatic carbocycles. The van der Waals surface area contributed by atoms with Crippen molar-refractivity contribution in [1.29, 1.82) is 0 Å². The molecule has 0 aromatic heterocycles. The lowest BCUT2D eigenvalue weighted by Gasteiger charge is -2.29. The summed E-state index contributed by atoms with van der Waals surface area (Å²) in [6.07, 6.45) is 4.87. The van der Waals surface area contributed by atoms with E-state index in [1.807, 2.05) is 12.1 Å². The molecule has 1 aliphatic rings. The molecule has 2 rings (SSSR count). The van der Waals surface area contributed by atoms with E-state index < -0.39 is 0 Å². The molecular formula is C18H28BrN2O2+. The van der Waals surface area contributed by atoms with Gasteiger partial charge in [-0.3, -0.25) is 4.79 Å². The number of carbonyl (C=O) groups excluding carboxylic acids is 1. The zero-order valence-corrected chi connectivity index (χ0v) is 15.9. The second-order valence-corrected chi connectivity index (χ2v) is 7.41. The molecule has 0 heterocycles. The average Bonchev–Trinajstić information content (AvgIpc) is 2.54. The summed E-state index contributed by atoms with van der Waals surface area (Å²) in [7, 11) is 1.66. The van der Waals surface area contributed by atoms with Crippen LogP contribution in [-0.4, -0.2) is 25.6 Å². The fourth-order valence-corrected chi connectivity index (χ4v) is 3.74. The van der Waals surface area contributed by atoms with E-state index in [1.54, 1.807) is 7.11 Å². The Labute approximate surface area is 147 Å². The number of rotatable bonds is 6. The highest BCUT2D eigenvalue weighted by atomic mass is 79.9. The van der Waals surface area contributed by atoms with Crippen LogP contribution in [0.4, 0.5) is 0 Å². The summed E-state index contributed by atoms with van der Waals surface area (Å²) >= 11 is 3.51. The second kappa shape index (κ2) is 8.69. The summed E-state index contributed by atoms with van der Waals surface area (Å²) in [6.45, 7) is 4.82. The van der Waals surface area contributed by atoms with Crippen LogP contribution in [0.5, 0.6) is 5.75 Å². The maximum Gasteiger partial charge on any atom is 0.275 e. The third-order valence-electron chi connectivity index (χ3n) is 4.82. The number of amides is 1. The molecule has 0 bridgehead atoms. The quantitative estimate of drug-likeness (QED) is 0.793. The molecule has 128 valence electrons. The van der Waals surface area contributed by atoms with E-state index in [1.165, 1.54) is 24.8 Å². The van der Waals surface area contributed by atoms with Gasteiger partial charge in [0, 0.05) is 11.6 Å². The van der Waals surface area contributed by atoms with Gasteiger partial charge < -0.3 is 15.4 Å². The van der Waals surface area contributed by atoms with Gasteiger partial charge in [-0.05, 0) is 59.8 Å². The zero-order valence-electron chi connectivity index (χ0n) is 14.3. The highest BCUT2D eigenvalue weighted by molar-refractivity contribution is 9.10. The molecule has 0 radical (unpaired) electrons. The Kier molecular flexibility index (Phi) is 6.90. The molecular weight excluding hydrogens is 356 g/mol. The predicted molar refractivity (Wildman–Crippen MR) is 95.5 cm³/mol. The summed E-state index contributed by atoms with van der Waals surface area (Å²) in [4.78, 5) is 12.2. The molecule has 1 aliphatic carbocycles. The van der Waals surface area contributed by atoms with Crippen molar-refractivity contribution < 1.29 is 14.8 Å². The van der Waals surface area contributed by atoms with Gasteiger partial charge in [0.15, 0.2) is 6.54 Å². The van der Waals surface area contributed by atoms with Crippen LogP contribution in [0.1, 0.15) is 51.1 Å². The first-order valence-electron chi connectivity index (χ1n) is 8.47. The average molecular weight is 384 g/mol. The van der Waals surface area contributed by atoms with Gasteiger partial charge in [0.05, 0.1) is 11.6 Å². The van der Waals surface area contributed by atoms with Crippen LogP contribution in [0.15, 0.2) is 22.7 Å². The summed E-state index contributed by atoms with van der Waals surface area (Å²) in [6, 6.07) is 6.64. The first-order valence-corrected chi connectivity index (χ1v) is 9.26. The van der Waals surface area contributed by atoms with E-state index in [0.717, 1.165) is 16.6 Å². The fourth-order valence-electron chi connectivity index (χ4n) is 3.18. The Morgan fingerprint density at radius 1 is 1.43 bits per heavy atom. The minimum absolute atomic E-state index is 0.142. The molecule has 1 fully saturated rings. The lowest BCUT2D eigenvalue weighted by Crippen LogP contribution is -2.87. The molecule has 1 aromatic rings. The Balaban J connectivity index is 1.82. The highest BCUT2D eigenvalue weighted by Crippen LogP contribution is 2.27. The van der Waals surface area contributed by atoms with Crippen molar-refractivity contribution in [3.05, 3.63) is 28.2 Å². The van der Waals surface area contributed by atoms with Gasteiger partial charge in [-0.25, -0.2) is 0 Å². The van der Waals surface area contributed by atoms with Crippen molar-refractivity contribution in [2.45, 2.75) is 51.6 Å². The molecule has 1 saturated carbocycles. The van der Waals surface area contributed by atoms with E-state index in [-0.39, 0.29) is 11.9 Å². The Hall–Kier alpha value is -1.07. The standard InChI is InChI=1S/C18H27BrN2O2/c1-12-6-4-5-7-16(12)21-18(22)11-20-13(2)14-8-9-17(23-3)15(19)10-14/h8-10,12-13,16,20H,4-7,11H2,1-3H3,(H,21,22)/p+1/t12-,13-,16-/m0/s1. The number of hydrogen-bond acceptors (Lipinski definition) is 2. The van der Waals surface area contributed by atoms with Gasteiger partial charge in [-0.15, -0.1) is 0 Å². The van der Waals surface area contributed by atoms with Crippen molar-refractivity contribution in [2.24, 2.45) is 5.92 Å². The molecule has 0 saturated heterocycles. The number of benzene rings is 1. The number of nitrogens with one attached hydrogen (secondary N) is 1. The van der Waals surface area contributed by atoms with Crippen molar-refractivity contribution in [2.75, 3.05) is 13.7 Å². The number of hydrogen-bond donors (Lipinski definition) is 2. The van der Waals surface area contributed by atoms with Gasteiger partial charge in [0.2, 0.25) is 0 Å². The van der Waals surface area contributed by atoms with Gasteiger partial charge in [0.1, 0.15) is 11.8 Å². The topological polar surface area (TPSA) is 54.9 Å². The van der Waals surface area contributed by atoms with Crippen LogP contribution in [0.25, 0.3) is 0 Å². The lowest BCUT2D eigenvalue weighted by atomic mass is 9.86. The van der Waals surface area contributed by atoms with Gasteiger partial charge >= 0.3 is 0 Å². The van der Waals surface area contributed by atoms with E-state index in [9.17, 15) is 4.79 Å².